The second-order valence-electron chi connectivity index (χ2n) is 4.60. The van der Waals surface area contributed by atoms with Gasteiger partial charge < -0.3 is 14.8 Å². The molecule has 0 saturated carbocycles. The lowest BCUT2D eigenvalue weighted by atomic mass is 10.2. The Labute approximate surface area is 144 Å². The molecule has 0 saturated heterocycles. The maximum atomic E-state index is 11.9. The van der Waals surface area contributed by atoms with Crippen LogP contribution in [0.2, 0.25) is 10.2 Å². The van der Waals surface area contributed by atoms with Gasteiger partial charge in [0, 0.05) is 12.7 Å². The summed E-state index contributed by atoms with van der Waals surface area (Å²) in [7, 11) is 1.56. The number of esters is 1. The average Bonchev–Trinajstić information content (AvgIpc) is 2.53. The number of ether oxygens (including phenoxy) is 2. The molecule has 0 fully saturated rings. The fourth-order valence-corrected chi connectivity index (χ4v) is 2.40. The van der Waals surface area contributed by atoms with Gasteiger partial charge in [0.1, 0.15) is 16.5 Å². The molecule has 0 bridgehead atoms. The maximum absolute atomic E-state index is 11.9. The van der Waals surface area contributed by atoms with Crippen LogP contribution in [0, 0.1) is 0 Å². The van der Waals surface area contributed by atoms with Crippen LogP contribution < -0.4 is 10.1 Å². The van der Waals surface area contributed by atoms with Crippen LogP contribution in [-0.4, -0.2) is 24.7 Å². The van der Waals surface area contributed by atoms with Gasteiger partial charge in [0.25, 0.3) is 0 Å². The van der Waals surface area contributed by atoms with Gasteiger partial charge in [0.15, 0.2) is 0 Å². The van der Waals surface area contributed by atoms with E-state index in [1.54, 1.807) is 32.2 Å². The van der Waals surface area contributed by atoms with Gasteiger partial charge in [0.05, 0.1) is 24.4 Å². The number of benzene rings is 1. The van der Waals surface area contributed by atoms with Crippen molar-refractivity contribution in [2.24, 2.45) is 0 Å². The van der Waals surface area contributed by atoms with Gasteiger partial charge in [-0.25, -0.2) is 9.78 Å². The SMILES string of the molecule is CCOC(=O)c1cnc(Cl)cc1NCc1ccc(OC)c(Cl)c1. The number of halogens is 2. The highest BCUT2D eigenvalue weighted by molar-refractivity contribution is 6.32. The van der Waals surface area contributed by atoms with Crippen molar-refractivity contribution < 1.29 is 14.3 Å². The first-order valence-electron chi connectivity index (χ1n) is 6.94. The summed E-state index contributed by atoms with van der Waals surface area (Å²) in [6, 6.07) is 7.04. The largest absolute Gasteiger partial charge is 0.495 e. The summed E-state index contributed by atoms with van der Waals surface area (Å²) in [4.78, 5) is 15.9. The van der Waals surface area contributed by atoms with Crippen molar-refractivity contribution in [1.82, 2.24) is 4.98 Å². The highest BCUT2D eigenvalue weighted by Gasteiger charge is 2.14. The third kappa shape index (κ3) is 4.50. The van der Waals surface area contributed by atoms with Crippen molar-refractivity contribution in [3.05, 3.63) is 51.8 Å². The minimum absolute atomic E-state index is 0.285. The van der Waals surface area contributed by atoms with E-state index in [-0.39, 0.29) is 11.8 Å². The molecule has 0 spiro atoms. The second-order valence-corrected chi connectivity index (χ2v) is 5.39. The van der Waals surface area contributed by atoms with E-state index < -0.39 is 5.97 Å². The molecule has 0 aliphatic rings. The Kier molecular flexibility index (Phi) is 6.07. The predicted molar refractivity (Wildman–Crippen MR) is 90.5 cm³/mol. The number of methoxy groups -OCH3 is 1. The number of carbonyl (C=O) groups excluding carboxylic acids is 1. The van der Waals surface area contributed by atoms with Crippen molar-refractivity contribution in [3.8, 4) is 5.75 Å². The Morgan fingerprint density at radius 2 is 2.09 bits per heavy atom. The van der Waals surface area contributed by atoms with Crippen molar-refractivity contribution in [2.75, 3.05) is 19.0 Å². The molecule has 0 aliphatic heterocycles. The van der Waals surface area contributed by atoms with Crippen molar-refractivity contribution in [3.63, 3.8) is 0 Å². The maximum Gasteiger partial charge on any atom is 0.341 e. The minimum atomic E-state index is -0.452. The van der Waals surface area contributed by atoms with E-state index in [4.69, 9.17) is 32.7 Å². The zero-order valence-corrected chi connectivity index (χ0v) is 14.2. The summed E-state index contributed by atoms with van der Waals surface area (Å²) >= 11 is 12.0. The highest BCUT2D eigenvalue weighted by Crippen LogP contribution is 2.26. The molecular weight excluding hydrogens is 339 g/mol. The van der Waals surface area contributed by atoms with Crippen LogP contribution in [0.4, 0.5) is 5.69 Å². The van der Waals surface area contributed by atoms with Gasteiger partial charge in [-0.3, -0.25) is 0 Å². The molecule has 5 nitrogen and oxygen atoms in total. The molecular formula is C16H16Cl2N2O3. The van der Waals surface area contributed by atoms with Crippen LogP contribution in [0.25, 0.3) is 0 Å². The Morgan fingerprint density at radius 3 is 2.74 bits per heavy atom. The number of hydrogen-bond acceptors (Lipinski definition) is 5. The topological polar surface area (TPSA) is 60.5 Å². The normalized spacial score (nSPS) is 10.3. The first-order valence-corrected chi connectivity index (χ1v) is 7.69. The Balaban J connectivity index is 2.18. The number of carbonyl (C=O) groups is 1. The van der Waals surface area contributed by atoms with E-state index in [0.717, 1.165) is 5.56 Å². The van der Waals surface area contributed by atoms with Gasteiger partial charge in [-0.1, -0.05) is 29.3 Å². The molecule has 1 aromatic heterocycles. The molecule has 2 aromatic rings. The monoisotopic (exact) mass is 354 g/mol. The van der Waals surface area contributed by atoms with E-state index in [0.29, 0.717) is 28.6 Å². The lowest BCUT2D eigenvalue weighted by molar-refractivity contribution is 0.0527. The number of nitrogens with zero attached hydrogens (tertiary/aromatic N) is 1. The van der Waals surface area contributed by atoms with E-state index >= 15 is 0 Å². The average molecular weight is 355 g/mol. The van der Waals surface area contributed by atoms with Gasteiger partial charge in [0.2, 0.25) is 0 Å². The summed E-state index contributed by atoms with van der Waals surface area (Å²) in [5, 5.41) is 3.95. The zero-order valence-electron chi connectivity index (χ0n) is 12.7. The van der Waals surface area contributed by atoms with Crippen LogP contribution in [-0.2, 0) is 11.3 Å². The fourth-order valence-electron chi connectivity index (χ4n) is 1.96. The minimum Gasteiger partial charge on any atom is -0.495 e. The molecule has 0 amide bonds. The summed E-state index contributed by atoms with van der Waals surface area (Å²) < 4.78 is 10.1. The van der Waals surface area contributed by atoms with E-state index in [1.165, 1.54) is 6.20 Å². The molecule has 2 rings (SSSR count). The molecule has 7 heteroatoms. The third-order valence-corrected chi connectivity index (χ3v) is 3.57. The summed E-state index contributed by atoms with van der Waals surface area (Å²) in [5.41, 5.74) is 1.81. The first kappa shape index (κ1) is 17.4. The van der Waals surface area contributed by atoms with E-state index in [9.17, 15) is 4.79 Å². The Hall–Kier alpha value is -1.98. The predicted octanol–water partition coefficient (Wildman–Crippen LogP) is 4.19. The molecule has 0 unspecified atom stereocenters. The molecule has 1 aromatic carbocycles. The number of pyridine rings is 1. The quantitative estimate of drug-likeness (QED) is 0.622. The van der Waals surface area contributed by atoms with Crippen LogP contribution >= 0.6 is 23.2 Å². The Morgan fingerprint density at radius 1 is 1.30 bits per heavy atom. The second kappa shape index (κ2) is 8.04. The number of hydrogen-bond donors (Lipinski definition) is 1. The number of aromatic nitrogens is 1. The van der Waals surface area contributed by atoms with Crippen molar-refractivity contribution in [2.45, 2.75) is 13.5 Å². The summed E-state index contributed by atoms with van der Waals surface area (Å²) in [6.45, 7) is 2.49. The standard InChI is InChI=1S/C16H16Cl2N2O3/c1-3-23-16(21)11-9-20-15(18)7-13(11)19-8-10-4-5-14(22-2)12(17)6-10/h4-7,9H,3,8H2,1-2H3,(H,19,20). The lowest BCUT2D eigenvalue weighted by Gasteiger charge is -2.12. The third-order valence-electron chi connectivity index (χ3n) is 3.07. The van der Waals surface area contributed by atoms with Gasteiger partial charge in [-0.05, 0) is 30.7 Å². The molecule has 0 radical (unpaired) electrons. The van der Waals surface area contributed by atoms with Crippen LogP contribution in [0.15, 0.2) is 30.5 Å². The number of rotatable bonds is 6. The molecule has 23 heavy (non-hydrogen) atoms. The number of anilines is 1. The van der Waals surface area contributed by atoms with E-state index in [1.807, 2.05) is 6.07 Å². The summed E-state index contributed by atoms with van der Waals surface area (Å²) in [6.07, 6.45) is 1.39. The Bertz CT molecular complexity index is 708. The highest BCUT2D eigenvalue weighted by atomic mass is 35.5. The zero-order chi connectivity index (χ0) is 16.8. The van der Waals surface area contributed by atoms with Crippen molar-refractivity contribution >= 4 is 34.9 Å². The molecule has 1 heterocycles. The molecule has 0 atom stereocenters. The molecule has 122 valence electrons. The van der Waals surface area contributed by atoms with Gasteiger partial charge in [-0.15, -0.1) is 0 Å². The number of nitrogens with one attached hydrogen (secondary N) is 1. The smallest absolute Gasteiger partial charge is 0.341 e. The molecule has 1 N–H and O–H groups in total. The summed E-state index contributed by atoms with van der Waals surface area (Å²) in [5.74, 6) is 0.154. The van der Waals surface area contributed by atoms with Crippen LogP contribution in [0.1, 0.15) is 22.8 Å². The van der Waals surface area contributed by atoms with Crippen LogP contribution in [0.3, 0.4) is 0 Å². The van der Waals surface area contributed by atoms with Gasteiger partial charge >= 0.3 is 5.97 Å². The van der Waals surface area contributed by atoms with E-state index in [2.05, 4.69) is 10.3 Å². The lowest BCUT2D eigenvalue weighted by Crippen LogP contribution is -2.10. The fraction of sp³-hybridized carbons (Fsp3) is 0.250. The van der Waals surface area contributed by atoms with Crippen molar-refractivity contribution in [1.29, 1.82) is 0 Å². The molecule has 0 aliphatic carbocycles. The van der Waals surface area contributed by atoms with Gasteiger partial charge in [-0.2, -0.15) is 0 Å². The first-order chi connectivity index (χ1) is 11.0. The van der Waals surface area contributed by atoms with Crippen LogP contribution in [0.5, 0.6) is 5.75 Å².